The minimum absolute atomic E-state index is 0.0805. The molecule has 3 aromatic carbocycles. The molecule has 0 aliphatic heterocycles. The van der Waals surface area contributed by atoms with Gasteiger partial charge in [0, 0.05) is 10.2 Å². The highest BCUT2D eigenvalue weighted by atomic mass is 79.9. The highest BCUT2D eigenvalue weighted by Gasteiger charge is 2.13. The van der Waals surface area contributed by atoms with Gasteiger partial charge in [0.1, 0.15) is 18.2 Å². The zero-order valence-corrected chi connectivity index (χ0v) is 18.6. The predicted molar refractivity (Wildman–Crippen MR) is 124 cm³/mol. The fraction of sp³-hybridized carbons (Fsp3) is 0.0435. The van der Waals surface area contributed by atoms with E-state index in [1.165, 1.54) is 6.08 Å². The molecule has 3 aromatic rings. The molecule has 0 aliphatic carbocycles. The van der Waals surface area contributed by atoms with E-state index in [1.54, 1.807) is 36.4 Å². The molecule has 150 valence electrons. The average Bonchev–Trinajstić information content (AvgIpc) is 2.73. The number of ether oxygens (including phenoxy) is 1. The molecule has 1 N–H and O–H groups in total. The van der Waals surface area contributed by atoms with Gasteiger partial charge in [-0.25, -0.2) is 0 Å². The summed E-state index contributed by atoms with van der Waals surface area (Å²) in [5.74, 6) is -0.186. The molecule has 0 unspecified atom stereocenters. The maximum Gasteiger partial charge on any atom is 0.266 e. The number of rotatable bonds is 6. The molecule has 3 rings (SSSR count). The van der Waals surface area contributed by atoms with Crippen molar-refractivity contribution in [1.82, 2.24) is 0 Å². The second-order valence-corrected chi connectivity index (χ2v) is 7.95. The smallest absolute Gasteiger partial charge is 0.266 e. The molecule has 0 radical (unpaired) electrons. The Labute approximate surface area is 192 Å². The van der Waals surface area contributed by atoms with Crippen LogP contribution in [0, 0.1) is 11.3 Å². The second kappa shape index (κ2) is 10.3. The van der Waals surface area contributed by atoms with E-state index >= 15 is 0 Å². The molecule has 1 amide bonds. The van der Waals surface area contributed by atoms with Gasteiger partial charge in [-0.15, -0.1) is 0 Å². The summed E-state index contributed by atoms with van der Waals surface area (Å²) in [6.07, 6.45) is 1.42. The van der Waals surface area contributed by atoms with Crippen LogP contribution in [0.25, 0.3) is 6.08 Å². The van der Waals surface area contributed by atoms with Crippen molar-refractivity contribution < 1.29 is 9.53 Å². The van der Waals surface area contributed by atoms with Crippen LogP contribution in [0.15, 0.2) is 76.8 Å². The van der Waals surface area contributed by atoms with E-state index in [0.29, 0.717) is 23.6 Å². The van der Waals surface area contributed by atoms with Crippen LogP contribution in [0.3, 0.4) is 0 Å². The number of hydrogen-bond donors (Lipinski definition) is 1. The minimum Gasteiger partial charge on any atom is -0.486 e. The van der Waals surface area contributed by atoms with Gasteiger partial charge in [0.05, 0.1) is 10.0 Å². The third kappa shape index (κ3) is 5.87. The van der Waals surface area contributed by atoms with Crippen LogP contribution in [0.5, 0.6) is 5.75 Å². The molecule has 30 heavy (non-hydrogen) atoms. The van der Waals surface area contributed by atoms with Gasteiger partial charge in [-0.3, -0.25) is 4.79 Å². The summed E-state index contributed by atoms with van der Waals surface area (Å²) in [4.78, 5) is 12.4. The highest BCUT2D eigenvalue weighted by molar-refractivity contribution is 9.10. The first-order valence-corrected chi connectivity index (χ1v) is 10.4. The van der Waals surface area contributed by atoms with Gasteiger partial charge in [-0.1, -0.05) is 69.5 Å². The van der Waals surface area contributed by atoms with Crippen molar-refractivity contribution >= 4 is 56.8 Å². The van der Waals surface area contributed by atoms with Crippen molar-refractivity contribution in [3.63, 3.8) is 0 Å². The number of hydrogen-bond acceptors (Lipinski definition) is 3. The Kier molecular flexibility index (Phi) is 7.53. The molecule has 7 heteroatoms. The Balaban J connectivity index is 1.76. The predicted octanol–water partition coefficient (Wildman–Crippen LogP) is 6.88. The van der Waals surface area contributed by atoms with E-state index in [-0.39, 0.29) is 15.6 Å². The SMILES string of the molecule is N#C/C(=C/c1cc(Cl)c(OCc2ccccc2)c(Cl)c1)C(=O)Nc1ccc(Br)cc1. The molecule has 0 aromatic heterocycles. The average molecular weight is 502 g/mol. The quantitative estimate of drug-likeness (QED) is 0.295. The zero-order valence-electron chi connectivity index (χ0n) is 15.5. The second-order valence-electron chi connectivity index (χ2n) is 6.22. The van der Waals surface area contributed by atoms with E-state index in [4.69, 9.17) is 27.9 Å². The molecule has 0 fully saturated rings. The summed E-state index contributed by atoms with van der Waals surface area (Å²) in [6, 6.07) is 21.7. The largest absolute Gasteiger partial charge is 0.486 e. The van der Waals surface area contributed by atoms with Gasteiger partial charge < -0.3 is 10.1 Å². The Bertz CT molecular complexity index is 1100. The fourth-order valence-corrected chi connectivity index (χ4v) is 3.45. The van der Waals surface area contributed by atoms with Crippen molar-refractivity contribution in [3.8, 4) is 11.8 Å². The van der Waals surface area contributed by atoms with Gasteiger partial charge in [-0.05, 0) is 53.6 Å². The van der Waals surface area contributed by atoms with Gasteiger partial charge in [0.2, 0.25) is 0 Å². The third-order valence-electron chi connectivity index (χ3n) is 4.02. The molecular formula is C23H15BrCl2N2O2. The van der Waals surface area contributed by atoms with Crippen molar-refractivity contribution in [2.45, 2.75) is 6.61 Å². The van der Waals surface area contributed by atoms with Crippen LogP contribution in [0.4, 0.5) is 5.69 Å². The number of carbonyl (C=O) groups is 1. The van der Waals surface area contributed by atoms with Gasteiger partial charge in [0.25, 0.3) is 5.91 Å². The number of carbonyl (C=O) groups excluding carboxylic acids is 1. The van der Waals surface area contributed by atoms with Crippen molar-refractivity contribution in [2.24, 2.45) is 0 Å². The summed E-state index contributed by atoms with van der Waals surface area (Å²) in [5.41, 5.74) is 1.98. The summed E-state index contributed by atoms with van der Waals surface area (Å²) in [7, 11) is 0. The molecule has 0 saturated carbocycles. The Hall–Kier alpha value is -2.78. The van der Waals surface area contributed by atoms with E-state index in [1.807, 2.05) is 36.4 Å². The molecule has 0 saturated heterocycles. The van der Waals surface area contributed by atoms with Gasteiger partial charge in [0.15, 0.2) is 5.75 Å². The van der Waals surface area contributed by atoms with Crippen LogP contribution in [-0.4, -0.2) is 5.91 Å². The molecule has 4 nitrogen and oxygen atoms in total. The molecular weight excluding hydrogens is 487 g/mol. The number of anilines is 1. The number of benzene rings is 3. The minimum atomic E-state index is -0.531. The molecule has 0 bridgehead atoms. The van der Waals surface area contributed by atoms with Crippen molar-refractivity contribution in [1.29, 1.82) is 5.26 Å². The molecule has 0 heterocycles. The van der Waals surface area contributed by atoms with E-state index in [2.05, 4.69) is 21.2 Å². The summed E-state index contributed by atoms with van der Waals surface area (Å²) in [6.45, 7) is 0.314. The lowest BCUT2D eigenvalue weighted by Gasteiger charge is -2.11. The van der Waals surface area contributed by atoms with Gasteiger partial charge in [-0.2, -0.15) is 5.26 Å². The molecule has 0 atom stereocenters. The van der Waals surface area contributed by atoms with Gasteiger partial charge >= 0.3 is 0 Å². The number of amides is 1. The number of nitriles is 1. The van der Waals surface area contributed by atoms with Crippen LogP contribution in [0.2, 0.25) is 10.0 Å². The lowest BCUT2D eigenvalue weighted by Crippen LogP contribution is -2.13. The number of nitrogens with one attached hydrogen (secondary N) is 1. The van der Waals surface area contributed by atoms with Crippen molar-refractivity contribution in [3.05, 3.63) is 97.9 Å². The first kappa shape index (κ1) is 21.9. The van der Waals surface area contributed by atoms with E-state index in [0.717, 1.165) is 10.0 Å². The third-order valence-corrected chi connectivity index (χ3v) is 5.11. The monoisotopic (exact) mass is 500 g/mol. The van der Waals surface area contributed by atoms with Crippen molar-refractivity contribution in [2.75, 3.05) is 5.32 Å². The molecule has 0 spiro atoms. The lowest BCUT2D eigenvalue weighted by atomic mass is 10.1. The van der Waals surface area contributed by atoms with Crippen LogP contribution >= 0.6 is 39.1 Å². The van der Waals surface area contributed by atoms with E-state index in [9.17, 15) is 10.1 Å². The van der Waals surface area contributed by atoms with Crippen LogP contribution < -0.4 is 10.1 Å². The summed E-state index contributed by atoms with van der Waals surface area (Å²) < 4.78 is 6.63. The normalized spacial score (nSPS) is 10.9. The highest BCUT2D eigenvalue weighted by Crippen LogP contribution is 2.35. The number of nitrogens with zero attached hydrogens (tertiary/aromatic N) is 1. The Morgan fingerprint density at radius 1 is 1.07 bits per heavy atom. The Morgan fingerprint density at radius 2 is 1.70 bits per heavy atom. The van der Waals surface area contributed by atoms with E-state index < -0.39 is 5.91 Å². The fourth-order valence-electron chi connectivity index (χ4n) is 2.58. The zero-order chi connectivity index (χ0) is 21.5. The van der Waals surface area contributed by atoms with Crippen LogP contribution in [0.1, 0.15) is 11.1 Å². The maximum atomic E-state index is 12.4. The maximum absolute atomic E-state index is 12.4. The summed E-state index contributed by atoms with van der Waals surface area (Å²) in [5, 5.41) is 12.7. The number of halogens is 3. The first-order chi connectivity index (χ1) is 14.5. The standard InChI is InChI=1S/C23H15BrCl2N2O2/c24-18-6-8-19(9-7-18)28-23(29)17(13-27)10-16-11-20(25)22(21(26)12-16)30-14-15-4-2-1-3-5-15/h1-12H,14H2,(H,28,29)/b17-10-. The summed E-state index contributed by atoms with van der Waals surface area (Å²) >= 11 is 16.0. The Morgan fingerprint density at radius 3 is 2.30 bits per heavy atom. The molecule has 0 aliphatic rings. The first-order valence-electron chi connectivity index (χ1n) is 8.81. The topological polar surface area (TPSA) is 62.1 Å². The van der Waals surface area contributed by atoms with Crippen LogP contribution in [-0.2, 0) is 11.4 Å². The lowest BCUT2D eigenvalue weighted by molar-refractivity contribution is -0.112.